The largest absolute Gasteiger partial charge is 0.462 e. The molecule has 0 radical (unpaired) electrons. The number of carbonyl (C=O) groups is 3. The molecular formula is C23H26N4O5S. The number of aryl methyl sites for hydroxylation is 2. The van der Waals surface area contributed by atoms with Crippen LogP contribution in [0.2, 0.25) is 0 Å². The number of hydrogen-bond acceptors (Lipinski definition) is 8. The lowest BCUT2D eigenvalue weighted by Gasteiger charge is -2.15. The zero-order valence-electron chi connectivity index (χ0n) is 18.9. The standard InChI is InChI=1S/C23H26N4O5S/c1-5-31-23(30)21-17(16-8-6-14(2)7-9-16)13-33-22(21)25-20(29)12-27(4)11-19(28)24-18-10-15(3)32-26-18/h6-10,13H,5,11-12H2,1-4H3,(H,25,29)(H,24,26,28). The lowest BCUT2D eigenvalue weighted by Crippen LogP contribution is -2.36. The van der Waals surface area contributed by atoms with E-state index in [4.69, 9.17) is 9.26 Å². The summed E-state index contributed by atoms with van der Waals surface area (Å²) in [4.78, 5) is 39.0. The van der Waals surface area contributed by atoms with E-state index < -0.39 is 5.97 Å². The molecule has 0 saturated heterocycles. The van der Waals surface area contributed by atoms with E-state index in [1.807, 2.05) is 36.6 Å². The minimum Gasteiger partial charge on any atom is -0.462 e. The van der Waals surface area contributed by atoms with E-state index in [1.54, 1.807) is 31.9 Å². The van der Waals surface area contributed by atoms with Crippen LogP contribution in [0.25, 0.3) is 11.1 Å². The maximum Gasteiger partial charge on any atom is 0.341 e. The van der Waals surface area contributed by atoms with Crippen molar-refractivity contribution >= 4 is 39.9 Å². The number of likely N-dealkylation sites (N-methyl/N-ethyl adjacent to an activating group) is 1. The summed E-state index contributed by atoms with van der Waals surface area (Å²) in [5.74, 6) is -0.290. The number of nitrogens with zero attached hydrogens (tertiary/aromatic N) is 2. The number of aromatic nitrogens is 1. The van der Waals surface area contributed by atoms with Crippen molar-refractivity contribution in [3.63, 3.8) is 0 Å². The monoisotopic (exact) mass is 470 g/mol. The van der Waals surface area contributed by atoms with E-state index in [2.05, 4.69) is 15.8 Å². The van der Waals surface area contributed by atoms with Crippen LogP contribution < -0.4 is 10.6 Å². The summed E-state index contributed by atoms with van der Waals surface area (Å²) in [6.07, 6.45) is 0. The smallest absolute Gasteiger partial charge is 0.341 e. The van der Waals surface area contributed by atoms with Crippen LogP contribution in [-0.4, -0.2) is 54.6 Å². The molecule has 0 aliphatic carbocycles. The number of esters is 1. The van der Waals surface area contributed by atoms with Crippen molar-refractivity contribution in [3.8, 4) is 11.1 Å². The number of benzene rings is 1. The van der Waals surface area contributed by atoms with Crippen molar-refractivity contribution in [2.45, 2.75) is 20.8 Å². The quantitative estimate of drug-likeness (QED) is 0.458. The van der Waals surface area contributed by atoms with Gasteiger partial charge in [0.15, 0.2) is 5.82 Å². The number of amides is 2. The summed E-state index contributed by atoms with van der Waals surface area (Å²) in [7, 11) is 1.64. The molecule has 0 saturated carbocycles. The van der Waals surface area contributed by atoms with Gasteiger partial charge in [-0.05, 0) is 33.4 Å². The fraction of sp³-hybridized carbons (Fsp3) is 0.304. The molecule has 2 N–H and O–H groups in total. The Morgan fingerprint density at radius 2 is 1.76 bits per heavy atom. The van der Waals surface area contributed by atoms with E-state index in [9.17, 15) is 14.4 Å². The summed E-state index contributed by atoms with van der Waals surface area (Å²) in [6.45, 7) is 5.58. The normalized spacial score (nSPS) is 10.8. The van der Waals surface area contributed by atoms with Crippen molar-refractivity contribution in [1.29, 1.82) is 0 Å². The van der Waals surface area contributed by atoms with Gasteiger partial charge in [-0.1, -0.05) is 35.0 Å². The van der Waals surface area contributed by atoms with Gasteiger partial charge in [-0.3, -0.25) is 14.5 Å². The first-order valence-electron chi connectivity index (χ1n) is 10.3. The minimum atomic E-state index is -0.500. The average Bonchev–Trinajstić information content (AvgIpc) is 3.34. The van der Waals surface area contributed by atoms with Gasteiger partial charge in [0.25, 0.3) is 0 Å². The van der Waals surface area contributed by atoms with E-state index >= 15 is 0 Å². The zero-order valence-corrected chi connectivity index (χ0v) is 19.7. The lowest BCUT2D eigenvalue weighted by atomic mass is 10.0. The third-order valence-corrected chi connectivity index (χ3v) is 5.50. The van der Waals surface area contributed by atoms with Gasteiger partial charge in [0, 0.05) is 17.0 Å². The molecule has 1 aromatic carbocycles. The maximum absolute atomic E-state index is 12.7. The molecule has 0 unspecified atom stereocenters. The van der Waals surface area contributed by atoms with Gasteiger partial charge in [0.05, 0.1) is 19.7 Å². The lowest BCUT2D eigenvalue weighted by molar-refractivity contribution is -0.119. The van der Waals surface area contributed by atoms with Crippen molar-refractivity contribution in [2.24, 2.45) is 0 Å². The predicted octanol–water partition coefficient (Wildman–Crippen LogP) is 3.71. The van der Waals surface area contributed by atoms with E-state index in [0.717, 1.165) is 11.1 Å². The molecule has 3 aromatic rings. The Morgan fingerprint density at radius 3 is 2.36 bits per heavy atom. The van der Waals surface area contributed by atoms with E-state index in [-0.39, 0.29) is 31.5 Å². The van der Waals surface area contributed by atoms with Crippen molar-refractivity contribution < 1.29 is 23.6 Å². The fourth-order valence-electron chi connectivity index (χ4n) is 3.12. The highest BCUT2D eigenvalue weighted by atomic mass is 32.1. The summed E-state index contributed by atoms with van der Waals surface area (Å²) in [5, 5.41) is 11.3. The topological polar surface area (TPSA) is 114 Å². The van der Waals surface area contributed by atoms with Gasteiger partial charge >= 0.3 is 5.97 Å². The number of rotatable bonds is 9. The molecule has 0 aliphatic heterocycles. The Hall–Kier alpha value is -3.50. The Morgan fingerprint density at radius 1 is 1.09 bits per heavy atom. The number of nitrogens with one attached hydrogen (secondary N) is 2. The van der Waals surface area contributed by atoms with Crippen LogP contribution in [0.15, 0.2) is 40.2 Å². The van der Waals surface area contributed by atoms with Gasteiger partial charge in [0.1, 0.15) is 16.3 Å². The highest BCUT2D eigenvalue weighted by Crippen LogP contribution is 2.36. The second kappa shape index (κ2) is 10.9. The number of ether oxygens (including phenoxy) is 1. The molecule has 0 spiro atoms. The summed E-state index contributed by atoms with van der Waals surface area (Å²) < 4.78 is 10.1. The molecule has 0 fully saturated rings. The van der Waals surface area contributed by atoms with E-state index in [1.165, 1.54) is 11.3 Å². The summed E-state index contributed by atoms with van der Waals surface area (Å²) in [5.41, 5.74) is 2.98. The Labute approximate surface area is 195 Å². The fourth-order valence-corrected chi connectivity index (χ4v) is 4.09. The Balaban J connectivity index is 1.67. The molecule has 174 valence electrons. The minimum absolute atomic E-state index is 0.0247. The van der Waals surface area contributed by atoms with Crippen LogP contribution in [0.4, 0.5) is 10.8 Å². The second-order valence-corrected chi connectivity index (χ2v) is 8.41. The number of carbonyl (C=O) groups excluding carboxylic acids is 3. The van der Waals surface area contributed by atoms with Crippen LogP contribution in [0.3, 0.4) is 0 Å². The molecule has 2 heterocycles. The van der Waals surface area contributed by atoms with Crippen LogP contribution in [0, 0.1) is 13.8 Å². The van der Waals surface area contributed by atoms with Crippen molar-refractivity contribution in [3.05, 3.63) is 52.6 Å². The van der Waals surface area contributed by atoms with Gasteiger partial charge in [-0.25, -0.2) is 4.79 Å². The van der Waals surface area contributed by atoms with Crippen molar-refractivity contribution in [2.75, 3.05) is 37.4 Å². The molecule has 0 atom stereocenters. The molecule has 33 heavy (non-hydrogen) atoms. The molecule has 3 rings (SSSR count). The van der Waals surface area contributed by atoms with E-state index in [0.29, 0.717) is 27.7 Å². The average molecular weight is 471 g/mol. The molecule has 0 bridgehead atoms. The molecular weight excluding hydrogens is 444 g/mol. The summed E-state index contributed by atoms with van der Waals surface area (Å²) in [6, 6.07) is 9.37. The number of hydrogen-bond donors (Lipinski definition) is 2. The zero-order chi connectivity index (χ0) is 24.0. The van der Waals surface area contributed by atoms with Crippen LogP contribution in [0.5, 0.6) is 0 Å². The summed E-state index contributed by atoms with van der Waals surface area (Å²) >= 11 is 1.25. The van der Waals surface area contributed by atoms with Gasteiger partial charge < -0.3 is 19.9 Å². The van der Waals surface area contributed by atoms with Gasteiger partial charge in [-0.15, -0.1) is 11.3 Å². The van der Waals surface area contributed by atoms with Crippen LogP contribution >= 0.6 is 11.3 Å². The highest BCUT2D eigenvalue weighted by molar-refractivity contribution is 7.15. The molecule has 0 aliphatic rings. The highest BCUT2D eigenvalue weighted by Gasteiger charge is 2.23. The number of thiophene rings is 1. The van der Waals surface area contributed by atoms with Crippen LogP contribution in [0.1, 0.15) is 28.6 Å². The molecule has 2 aromatic heterocycles. The maximum atomic E-state index is 12.7. The number of anilines is 2. The first-order valence-corrected chi connectivity index (χ1v) is 11.2. The molecule has 9 nitrogen and oxygen atoms in total. The predicted molar refractivity (Wildman–Crippen MR) is 126 cm³/mol. The SMILES string of the molecule is CCOC(=O)c1c(-c2ccc(C)cc2)csc1NC(=O)CN(C)CC(=O)Nc1cc(C)on1. The third-order valence-electron chi connectivity index (χ3n) is 4.61. The Bertz CT molecular complexity index is 1140. The Kier molecular flexibility index (Phi) is 7.96. The molecule has 10 heteroatoms. The van der Waals surface area contributed by atoms with Crippen LogP contribution in [-0.2, 0) is 14.3 Å². The first-order chi connectivity index (χ1) is 15.8. The third kappa shape index (κ3) is 6.50. The first kappa shape index (κ1) is 24.1. The second-order valence-electron chi connectivity index (χ2n) is 7.53. The molecule has 2 amide bonds. The van der Waals surface area contributed by atoms with Gasteiger partial charge in [-0.2, -0.15) is 0 Å². The van der Waals surface area contributed by atoms with Gasteiger partial charge in [0.2, 0.25) is 11.8 Å². The van der Waals surface area contributed by atoms with Crippen molar-refractivity contribution in [1.82, 2.24) is 10.1 Å².